The molecule has 0 atom stereocenters. The quantitative estimate of drug-likeness (QED) is 0.675. The fourth-order valence-corrected chi connectivity index (χ4v) is 3.46. The van der Waals surface area contributed by atoms with Crippen molar-refractivity contribution >= 4 is 23.5 Å². The molecule has 0 aromatic heterocycles. The molecule has 0 radical (unpaired) electrons. The van der Waals surface area contributed by atoms with Gasteiger partial charge in [-0.05, 0) is 31.0 Å². The standard InChI is InChI=1S/C19H26N2O5/c1-20-17(23)13-7-8-15(26-2)14(11-13)21-16(22)12-19(18(24)25)9-5-3-4-6-10-19/h7-8,11H,3-6,9-10,12H2,1-2H3,(H,20,23)(H,21,22)(H,24,25). The van der Waals surface area contributed by atoms with E-state index in [1.54, 1.807) is 12.1 Å². The number of nitrogens with one attached hydrogen (secondary N) is 2. The van der Waals surface area contributed by atoms with Gasteiger partial charge >= 0.3 is 5.97 Å². The van der Waals surface area contributed by atoms with Crippen molar-refractivity contribution in [2.75, 3.05) is 19.5 Å². The summed E-state index contributed by atoms with van der Waals surface area (Å²) in [5.74, 6) is -1.17. The van der Waals surface area contributed by atoms with Gasteiger partial charge in [0.15, 0.2) is 0 Å². The minimum atomic E-state index is -1.02. The van der Waals surface area contributed by atoms with Crippen LogP contribution in [0.2, 0.25) is 0 Å². The van der Waals surface area contributed by atoms with Crippen LogP contribution in [0, 0.1) is 5.41 Å². The monoisotopic (exact) mass is 362 g/mol. The van der Waals surface area contributed by atoms with Crippen molar-refractivity contribution in [3.05, 3.63) is 23.8 Å². The number of hydrogen-bond donors (Lipinski definition) is 3. The summed E-state index contributed by atoms with van der Waals surface area (Å²) in [5.41, 5.74) is -0.287. The lowest BCUT2D eigenvalue weighted by Crippen LogP contribution is -2.35. The number of methoxy groups -OCH3 is 1. The Morgan fingerprint density at radius 3 is 2.35 bits per heavy atom. The minimum absolute atomic E-state index is 0.0876. The maximum absolute atomic E-state index is 12.6. The highest BCUT2D eigenvalue weighted by atomic mass is 16.5. The first-order valence-corrected chi connectivity index (χ1v) is 8.85. The van der Waals surface area contributed by atoms with Gasteiger partial charge in [-0.1, -0.05) is 25.7 Å². The van der Waals surface area contributed by atoms with Crippen molar-refractivity contribution in [3.8, 4) is 5.75 Å². The largest absolute Gasteiger partial charge is 0.495 e. The Balaban J connectivity index is 2.20. The predicted molar refractivity (Wildman–Crippen MR) is 97.4 cm³/mol. The number of carbonyl (C=O) groups excluding carboxylic acids is 2. The molecule has 0 aliphatic heterocycles. The third-order valence-electron chi connectivity index (χ3n) is 4.98. The number of amides is 2. The number of aliphatic carboxylic acids is 1. The van der Waals surface area contributed by atoms with Gasteiger partial charge in [0, 0.05) is 19.0 Å². The topological polar surface area (TPSA) is 105 Å². The molecule has 1 aliphatic rings. The van der Waals surface area contributed by atoms with Crippen LogP contribution in [-0.4, -0.2) is 37.0 Å². The highest BCUT2D eigenvalue weighted by molar-refractivity contribution is 5.99. The normalized spacial score (nSPS) is 16.2. The molecule has 7 heteroatoms. The molecular weight excluding hydrogens is 336 g/mol. The van der Waals surface area contributed by atoms with E-state index in [2.05, 4.69) is 10.6 Å². The van der Waals surface area contributed by atoms with Gasteiger partial charge < -0.3 is 20.5 Å². The summed E-state index contributed by atoms with van der Waals surface area (Å²) in [6.07, 6.45) is 4.55. The second-order valence-electron chi connectivity index (χ2n) is 6.72. The maximum Gasteiger partial charge on any atom is 0.310 e. The summed E-state index contributed by atoms with van der Waals surface area (Å²) in [5, 5.41) is 15.0. The number of ether oxygens (including phenoxy) is 1. The van der Waals surface area contributed by atoms with Gasteiger partial charge in [0.25, 0.3) is 5.91 Å². The van der Waals surface area contributed by atoms with Gasteiger partial charge in [-0.15, -0.1) is 0 Å². The molecule has 0 heterocycles. The van der Waals surface area contributed by atoms with E-state index >= 15 is 0 Å². The predicted octanol–water partition coefficient (Wildman–Crippen LogP) is 2.81. The second kappa shape index (κ2) is 8.69. The van der Waals surface area contributed by atoms with E-state index in [9.17, 15) is 19.5 Å². The maximum atomic E-state index is 12.6. The molecule has 1 aliphatic carbocycles. The summed E-state index contributed by atoms with van der Waals surface area (Å²) < 4.78 is 5.23. The molecule has 0 bridgehead atoms. The first kappa shape index (κ1) is 19.8. The molecule has 0 spiro atoms. The lowest BCUT2D eigenvalue weighted by atomic mass is 9.77. The molecule has 0 saturated heterocycles. The van der Waals surface area contributed by atoms with E-state index in [-0.39, 0.29) is 18.2 Å². The molecule has 1 aromatic rings. The minimum Gasteiger partial charge on any atom is -0.495 e. The molecule has 2 rings (SSSR count). The van der Waals surface area contributed by atoms with E-state index in [1.165, 1.54) is 20.2 Å². The van der Waals surface area contributed by atoms with Gasteiger partial charge in [0.05, 0.1) is 18.2 Å². The van der Waals surface area contributed by atoms with Crippen LogP contribution in [0.25, 0.3) is 0 Å². The number of carboxylic acids is 1. The zero-order valence-electron chi connectivity index (χ0n) is 15.3. The fraction of sp³-hybridized carbons (Fsp3) is 0.526. The first-order valence-electron chi connectivity index (χ1n) is 8.85. The van der Waals surface area contributed by atoms with Crippen molar-refractivity contribution < 1.29 is 24.2 Å². The Hall–Kier alpha value is -2.57. The lowest BCUT2D eigenvalue weighted by molar-refractivity contribution is -0.152. The highest BCUT2D eigenvalue weighted by Crippen LogP contribution is 2.39. The summed E-state index contributed by atoms with van der Waals surface area (Å²) in [6.45, 7) is 0. The van der Waals surface area contributed by atoms with E-state index in [1.807, 2.05) is 0 Å². The fourth-order valence-electron chi connectivity index (χ4n) is 3.46. The molecular formula is C19H26N2O5. The smallest absolute Gasteiger partial charge is 0.310 e. The van der Waals surface area contributed by atoms with Crippen molar-refractivity contribution in [2.45, 2.75) is 44.9 Å². The number of carboxylic acid groups (broad SMARTS) is 1. The Bertz CT molecular complexity index is 679. The number of anilines is 1. The Labute approximate surface area is 153 Å². The summed E-state index contributed by atoms with van der Waals surface area (Å²) >= 11 is 0. The molecule has 2 amide bonds. The van der Waals surface area contributed by atoms with Crippen LogP contribution in [0.3, 0.4) is 0 Å². The van der Waals surface area contributed by atoms with Crippen LogP contribution >= 0.6 is 0 Å². The number of benzene rings is 1. The lowest BCUT2D eigenvalue weighted by Gasteiger charge is -2.27. The van der Waals surface area contributed by atoms with Gasteiger partial charge in [-0.25, -0.2) is 0 Å². The zero-order valence-corrected chi connectivity index (χ0v) is 15.3. The summed E-state index contributed by atoms with van der Waals surface area (Å²) in [4.78, 5) is 36.3. The van der Waals surface area contributed by atoms with Crippen molar-refractivity contribution in [2.24, 2.45) is 5.41 Å². The van der Waals surface area contributed by atoms with Gasteiger partial charge in [-0.2, -0.15) is 0 Å². The highest BCUT2D eigenvalue weighted by Gasteiger charge is 2.40. The second-order valence-corrected chi connectivity index (χ2v) is 6.72. The SMILES string of the molecule is CNC(=O)c1ccc(OC)c(NC(=O)CC2(C(=O)O)CCCCCC2)c1. The number of rotatable bonds is 6. The molecule has 3 N–H and O–H groups in total. The van der Waals surface area contributed by atoms with Crippen LogP contribution in [0.1, 0.15) is 55.3 Å². The molecule has 7 nitrogen and oxygen atoms in total. The van der Waals surface area contributed by atoms with E-state index < -0.39 is 11.4 Å². The Morgan fingerprint density at radius 1 is 1.15 bits per heavy atom. The van der Waals surface area contributed by atoms with Crippen LogP contribution in [0.4, 0.5) is 5.69 Å². The third kappa shape index (κ3) is 4.53. The van der Waals surface area contributed by atoms with Gasteiger partial charge in [0.1, 0.15) is 5.75 Å². The molecule has 1 fully saturated rings. The summed E-state index contributed by atoms with van der Waals surface area (Å²) in [7, 11) is 2.99. The Kier molecular flexibility index (Phi) is 6.60. The van der Waals surface area contributed by atoms with E-state index in [0.717, 1.165) is 25.7 Å². The molecule has 1 saturated carbocycles. The van der Waals surface area contributed by atoms with Crippen molar-refractivity contribution in [1.82, 2.24) is 5.32 Å². The third-order valence-corrected chi connectivity index (χ3v) is 4.98. The van der Waals surface area contributed by atoms with Crippen LogP contribution in [-0.2, 0) is 9.59 Å². The van der Waals surface area contributed by atoms with E-state index in [0.29, 0.717) is 29.8 Å². The average Bonchev–Trinajstić information content (AvgIpc) is 2.87. The summed E-state index contributed by atoms with van der Waals surface area (Å²) in [6, 6.07) is 4.71. The van der Waals surface area contributed by atoms with Crippen LogP contribution in [0.15, 0.2) is 18.2 Å². The van der Waals surface area contributed by atoms with Gasteiger partial charge in [-0.3, -0.25) is 14.4 Å². The van der Waals surface area contributed by atoms with Crippen molar-refractivity contribution in [3.63, 3.8) is 0 Å². The zero-order chi connectivity index (χ0) is 19.2. The molecule has 0 unspecified atom stereocenters. The first-order chi connectivity index (χ1) is 12.4. The van der Waals surface area contributed by atoms with E-state index in [4.69, 9.17) is 4.74 Å². The number of hydrogen-bond acceptors (Lipinski definition) is 4. The molecule has 1 aromatic carbocycles. The molecule has 26 heavy (non-hydrogen) atoms. The van der Waals surface area contributed by atoms with Crippen LogP contribution < -0.4 is 15.4 Å². The molecule has 142 valence electrons. The Morgan fingerprint density at radius 2 is 1.81 bits per heavy atom. The number of carbonyl (C=O) groups is 3. The average molecular weight is 362 g/mol. The van der Waals surface area contributed by atoms with Crippen LogP contribution in [0.5, 0.6) is 5.75 Å². The van der Waals surface area contributed by atoms with Crippen molar-refractivity contribution in [1.29, 1.82) is 0 Å². The van der Waals surface area contributed by atoms with Gasteiger partial charge in [0.2, 0.25) is 5.91 Å².